The first-order valence-electron chi connectivity index (χ1n) is 7.14. The van der Waals surface area contributed by atoms with Crippen LogP contribution in [0.1, 0.15) is 30.0 Å². The molecular weight excluding hydrogens is 252 g/mol. The Labute approximate surface area is 118 Å². The number of fused-ring (bicyclic) bond motifs is 2. The lowest BCUT2D eigenvalue weighted by atomic mass is 10.0. The molecule has 0 atom stereocenters. The van der Waals surface area contributed by atoms with Gasteiger partial charge in [0.15, 0.2) is 0 Å². The fraction of sp³-hybridized carbons (Fsp3) is 0.438. The van der Waals surface area contributed by atoms with Crippen molar-refractivity contribution in [2.24, 2.45) is 0 Å². The molecule has 0 fully saturated rings. The van der Waals surface area contributed by atoms with Crippen LogP contribution >= 0.6 is 0 Å². The van der Waals surface area contributed by atoms with E-state index < -0.39 is 0 Å². The second kappa shape index (κ2) is 5.29. The fourth-order valence-electron chi connectivity index (χ4n) is 2.96. The number of ether oxygens (including phenoxy) is 1. The molecule has 0 aliphatic carbocycles. The summed E-state index contributed by atoms with van der Waals surface area (Å²) >= 11 is 0. The molecule has 0 unspecified atom stereocenters. The highest BCUT2D eigenvalue weighted by Gasteiger charge is 2.16. The van der Waals surface area contributed by atoms with Gasteiger partial charge in [-0.15, -0.1) is 0 Å². The van der Waals surface area contributed by atoms with Crippen LogP contribution in [0.25, 0.3) is 10.9 Å². The predicted molar refractivity (Wildman–Crippen MR) is 78.5 cm³/mol. The van der Waals surface area contributed by atoms with Crippen molar-refractivity contribution in [2.75, 3.05) is 7.11 Å². The minimum Gasteiger partial charge on any atom is -0.469 e. The molecule has 2 aromatic rings. The first kappa shape index (κ1) is 13.2. The van der Waals surface area contributed by atoms with Crippen LogP contribution in [0, 0.1) is 0 Å². The molecule has 0 amide bonds. The maximum Gasteiger partial charge on any atom is 0.305 e. The van der Waals surface area contributed by atoms with Crippen molar-refractivity contribution in [2.45, 2.75) is 39.4 Å². The van der Waals surface area contributed by atoms with E-state index in [1.165, 1.54) is 34.7 Å². The van der Waals surface area contributed by atoms with Crippen LogP contribution in [0.15, 0.2) is 18.3 Å². The highest BCUT2D eigenvalue weighted by atomic mass is 16.5. The summed E-state index contributed by atoms with van der Waals surface area (Å²) in [5.41, 5.74) is 5.28. The third-order valence-corrected chi connectivity index (χ3v) is 4.08. The van der Waals surface area contributed by atoms with Crippen molar-refractivity contribution in [3.8, 4) is 0 Å². The maximum absolute atomic E-state index is 11.3. The zero-order chi connectivity index (χ0) is 14.1. The largest absolute Gasteiger partial charge is 0.469 e. The second-order valence-corrected chi connectivity index (χ2v) is 5.26. The van der Waals surface area contributed by atoms with Crippen molar-refractivity contribution in [1.29, 1.82) is 0 Å². The Balaban J connectivity index is 2.01. The van der Waals surface area contributed by atoms with Crippen LogP contribution in [-0.4, -0.2) is 17.6 Å². The Bertz CT molecular complexity index is 658. The summed E-state index contributed by atoms with van der Waals surface area (Å²) in [6.45, 7) is 4.99. The Morgan fingerprint density at radius 1 is 1.35 bits per heavy atom. The van der Waals surface area contributed by atoms with Crippen molar-refractivity contribution in [3.05, 3.63) is 35.0 Å². The molecule has 106 valence electrons. The molecule has 0 spiro atoms. The highest BCUT2D eigenvalue weighted by molar-refractivity contribution is 5.86. The van der Waals surface area contributed by atoms with Crippen molar-refractivity contribution in [3.63, 3.8) is 0 Å². The molecule has 0 saturated carbocycles. The van der Waals surface area contributed by atoms with E-state index in [1.54, 1.807) is 0 Å². The number of hydrogen-bond donors (Lipinski definition) is 1. The first-order valence-corrected chi connectivity index (χ1v) is 7.14. The van der Waals surface area contributed by atoms with E-state index in [4.69, 9.17) is 4.74 Å². The summed E-state index contributed by atoms with van der Waals surface area (Å²) in [4.78, 5) is 11.3. The molecule has 3 rings (SSSR count). The topological polar surface area (TPSA) is 43.3 Å². The van der Waals surface area contributed by atoms with Crippen LogP contribution in [0.3, 0.4) is 0 Å². The first-order chi connectivity index (χ1) is 9.72. The van der Waals surface area contributed by atoms with Gasteiger partial charge in [-0.1, -0.05) is 0 Å². The molecule has 2 heterocycles. The number of rotatable bonds is 4. The number of benzene rings is 1. The van der Waals surface area contributed by atoms with Gasteiger partial charge in [-0.25, -0.2) is 0 Å². The standard InChI is InChI=1S/C16H20N2O2/c1-3-18-10-11(4-5-16(19)20-2)14-6-12-8-17-9-13(12)7-15(14)18/h6-7,10,17H,3-5,8-9H2,1-2H3. The minimum absolute atomic E-state index is 0.148. The summed E-state index contributed by atoms with van der Waals surface area (Å²) in [6, 6.07) is 4.57. The lowest BCUT2D eigenvalue weighted by molar-refractivity contribution is -0.140. The van der Waals surface area contributed by atoms with E-state index >= 15 is 0 Å². The van der Waals surface area contributed by atoms with Gasteiger partial charge in [0.25, 0.3) is 0 Å². The van der Waals surface area contributed by atoms with Gasteiger partial charge in [0, 0.05) is 43.2 Å². The van der Waals surface area contributed by atoms with Crippen LogP contribution < -0.4 is 5.32 Å². The molecule has 4 heteroatoms. The van der Waals surface area contributed by atoms with Gasteiger partial charge in [-0.05, 0) is 42.2 Å². The van der Waals surface area contributed by atoms with Crippen molar-refractivity contribution >= 4 is 16.9 Å². The Kier molecular flexibility index (Phi) is 3.49. The van der Waals surface area contributed by atoms with E-state index in [0.29, 0.717) is 6.42 Å². The Hall–Kier alpha value is -1.81. The molecule has 0 bridgehead atoms. The predicted octanol–water partition coefficient (Wildman–Crippen LogP) is 2.37. The van der Waals surface area contributed by atoms with Crippen molar-refractivity contribution < 1.29 is 9.53 Å². The molecule has 0 saturated heterocycles. The van der Waals surface area contributed by atoms with Gasteiger partial charge < -0.3 is 14.6 Å². The van der Waals surface area contributed by atoms with Gasteiger partial charge in [0.2, 0.25) is 0 Å². The molecule has 20 heavy (non-hydrogen) atoms. The van der Waals surface area contributed by atoms with Crippen molar-refractivity contribution in [1.82, 2.24) is 9.88 Å². The van der Waals surface area contributed by atoms with Crippen LogP contribution in [0.2, 0.25) is 0 Å². The number of carbonyl (C=O) groups is 1. The average molecular weight is 272 g/mol. The van der Waals surface area contributed by atoms with E-state index in [0.717, 1.165) is 26.1 Å². The minimum atomic E-state index is -0.148. The second-order valence-electron chi connectivity index (χ2n) is 5.26. The van der Waals surface area contributed by atoms with E-state index in [9.17, 15) is 4.79 Å². The van der Waals surface area contributed by atoms with Gasteiger partial charge >= 0.3 is 5.97 Å². The summed E-state index contributed by atoms with van der Waals surface area (Å²) in [5.74, 6) is -0.148. The third-order valence-electron chi connectivity index (χ3n) is 4.08. The lowest BCUT2D eigenvalue weighted by Crippen LogP contribution is -2.01. The number of nitrogens with one attached hydrogen (secondary N) is 1. The SMILES string of the molecule is CCn1cc(CCC(=O)OC)c2cc3c(cc21)CNC3. The zero-order valence-corrected chi connectivity index (χ0v) is 12.0. The molecular formula is C16H20N2O2. The summed E-state index contributed by atoms with van der Waals surface area (Å²) in [7, 11) is 1.44. The molecule has 4 nitrogen and oxygen atoms in total. The number of methoxy groups -OCH3 is 1. The molecule has 0 radical (unpaired) electrons. The van der Waals surface area contributed by atoms with E-state index in [2.05, 4.69) is 35.1 Å². The van der Waals surface area contributed by atoms with Crippen LogP contribution in [0.4, 0.5) is 0 Å². The number of aromatic nitrogens is 1. The molecule has 1 aliphatic heterocycles. The average Bonchev–Trinajstić information content (AvgIpc) is 3.06. The number of carbonyl (C=O) groups excluding carboxylic acids is 1. The zero-order valence-electron chi connectivity index (χ0n) is 12.0. The van der Waals surface area contributed by atoms with Gasteiger partial charge in [-0.2, -0.15) is 0 Å². The summed E-state index contributed by atoms with van der Waals surface area (Å²) in [5, 5.41) is 4.66. The number of esters is 1. The fourth-order valence-corrected chi connectivity index (χ4v) is 2.96. The third kappa shape index (κ3) is 2.20. The summed E-state index contributed by atoms with van der Waals surface area (Å²) < 4.78 is 7.00. The van der Waals surface area contributed by atoms with Crippen LogP contribution in [0.5, 0.6) is 0 Å². The molecule has 1 aromatic carbocycles. The van der Waals surface area contributed by atoms with Gasteiger partial charge in [0.1, 0.15) is 0 Å². The number of aryl methyl sites for hydroxylation is 2. The quantitative estimate of drug-likeness (QED) is 0.869. The highest BCUT2D eigenvalue weighted by Crippen LogP contribution is 2.28. The maximum atomic E-state index is 11.3. The Morgan fingerprint density at radius 2 is 2.10 bits per heavy atom. The number of nitrogens with zero attached hydrogens (tertiary/aromatic N) is 1. The molecule has 1 aliphatic rings. The lowest BCUT2D eigenvalue weighted by Gasteiger charge is -2.03. The van der Waals surface area contributed by atoms with Gasteiger partial charge in [0.05, 0.1) is 7.11 Å². The van der Waals surface area contributed by atoms with E-state index in [1.807, 2.05) is 0 Å². The summed E-state index contributed by atoms with van der Waals surface area (Å²) in [6.07, 6.45) is 3.35. The Morgan fingerprint density at radius 3 is 2.80 bits per heavy atom. The molecule has 1 aromatic heterocycles. The normalized spacial score (nSPS) is 13.7. The van der Waals surface area contributed by atoms with Crippen LogP contribution in [-0.2, 0) is 35.6 Å². The van der Waals surface area contributed by atoms with Gasteiger partial charge in [-0.3, -0.25) is 4.79 Å². The molecule has 1 N–H and O–H groups in total. The smallest absolute Gasteiger partial charge is 0.305 e. The number of hydrogen-bond acceptors (Lipinski definition) is 3. The van der Waals surface area contributed by atoms with E-state index in [-0.39, 0.29) is 5.97 Å². The monoisotopic (exact) mass is 272 g/mol.